The molecule has 0 bridgehead atoms. The molecule has 0 radical (unpaired) electrons. The highest BCUT2D eigenvalue weighted by Crippen LogP contribution is 2.18. The Balaban J connectivity index is 2.81. The summed E-state index contributed by atoms with van der Waals surface area (Å²) in [6, 6.07) is 0. The van der Waals surface area contributed by atoms with E-state index in [0.29, 0.717) is 11.8 Å². The summed E-state index contributed by atoms with van der Waals surface area (Å²) in [5, 5.41) is 13.4. The molecule has 1 unspecified atom stereocenters. The molecular formula is C14H24N2O2. The van der Waals surface area contributed by atoms with E-state index in [1.54, 1.807) is 0 Å². The number of aryl methyl sites for hydroxylation is 1. The van der Waals surface area contributed by atoms with Gasteiger partial charge in [-0.3, -0.25) is 9.48 Å². The van der Waals surface area contributed by atoms with Gasteiger partial charge in [0.15, 0.2) is 0 Å². The minimum Gasteiger partial charge on any atom is -0.481 e. The monoisotopic (exact) mass is 252 g/mol. The van der Waals surface area contributed by atoms with E-state index in [4.69, 9.17) is 5.11 Å². The molecule has 18 heavy (non-hydrogen) atoms. The molecule has 0 saturated carbocycles. The smallest absolute Gasteiger partial charge is 0.307 e. The third-order valence-electron chi connectivity index (χ3n) is 3.22. The van der Waals surface area contributed by atoms with Crippen molar-refractivity contribution in [2.45, 2.75) is 54.0 Å². The van der Waals surface area contributed by atoms with Crippen molar-refractivity contribution >= 4 is 5.97 Å². The van der Waals surface area contributed by atoms with Crippen LogP contribution in [0.3, 0.4) is 0 Å². The lowest BCUT2D eigenvalue weighted by Crippen LogP contribution is -2.13. The van der Waals surface area contributed by atoms with Crippen LogP contribution < -0.4 is 0 Å². The summed E-state index contributed by atoms with van der Waals surface area (Å²) >= 11 is 0. The molecule has 0 aliphatic carbocycles. The molecular weight excluding hydrogens is 228 g/mol. The topological polar surface area (TPSA) is 55.1 Å². The van der Waals surface area contributed by atoms with E-state index in [0.717, 1.165) is 29.9 Å². The maximum absolute atomic E-state index is 10.8. The van der Waals surface area contributed by atoms with E-state index < -0.39 is 5.97 Å². The molecule has 0 spiro atoms. The average molecular weight is 252 g/mol. The Labute approximate surface area is 109 Å². The summed E-state index contributed by atoms with van der Waals surface area (Å²) in [5.41, 5.74) is 2.69. The first-order valence-corrected chi connectivity index (χ1v) is 6.56. The third-order valence-corrected chi connectivity index (χ3v) is 3.22. The molecule has 0 aromatic carbocycles. The Morgan fingerprint density at radius 1 is 1.33 bits per heavy atom. The molecule has 1 rings (SSSR count). The van der Waals surface area contributed by atoms with E-state index in [1.807, 2.05) is 18.5 Å². The number of carboxylic acids is 1. The molecule has 1 atom stereocenters. The fourth-order valence-corrected chi connectivity index (χ4v) is 2.49. The zero-order valence-electron chi connectivity index (χ0n) is 12.0. The van der Waals surface area contributed by atoms with Crippen LogP contribution in [0.2, 0.25) is 0 Å². The SMILES string of the molecule is Cc1nn(CC(C)CC(C)C)c(C)c1CC(=O)O. The highest BCUT2D eigenvalue weighted by Gasteiger charge is 2.16. The summed E-state index contributed by atoms with van der Waals surface area (Å²) in [7, 11) is 0. The number of hydrogen-bond acceptors (Lipinski definition) is 2. The van der Waals surface area contributed by atoms with Crippen LogP contribution in [0.5, 0.6) is 0 Å². The van der Waals surface area contributed by atoms with Gasteiger partial charge < -0.3 is 5.11 Å². The lowest BCUT2D eigenvalue weighted by molar-refractivity contribution is -0.136. The fraction of sp³-hybridized carbons (Fsp3) is 0.714. The predicted molar refractivity (Wildman–Crippen MR) is 71.7 cm³/mol. The molecule has 1 aromatic heterocycles. The minimum absolute atomic E-state index is 0.0657. The zero-order valence-corrected chi connectivity index (χ0v) is 12.0. The van der Waals surface area contributed by atoms with Gasteiger partial charge >= 0.3 is 5.97 Å². The van der Waals surface area contributed by atoms with Crippen LogP contribution >= 0.6 is 0 Å². The summed E-state index contributed by atoms with van der Waals surface area (Å²) in [6.45, 7) is 11.4. The van der Waals surface area contributed by atoms with E-state index in [2.05, 4.69) is 25.9 Å². The molecule has 102 valence electrons. The van der Waals surface area contributed by atoms with E-state index in [1.165, 1.54) is 0 Å². The van der Waals surface area contributed by atoms with Crippen LogP contribution in [0, 0.1) is 25.7 Å². The van der Waals surface area contributed by atoms with Gasteiger partial charge in [-0.2, -0.15) is 5.10 Å². The number of carbonyl (C=O) groups is 1. The fourth-order valence-electron chi connectivity index (χ4n) is 2.49. The van der Waals surface area contributed by atoms with Crippen molar-refractivity contribution in [2.75, 3.05) is 0 Å². The second-order valence-corrected chi connectivity index (χ2v) is 5.64. The number of hydrogen-bond donors (Lipinski definition) is 1. The van der Waals surface area contributed by atoms with Gasteiger partial charge in [-0.05, 0) is 32.1 Å². The van der Waals surface area contributed by atoms with Crippen LogP contribution in [-0.2, 0) is 17.8 Å². The van der Waals surface area contributed by atoms with Gasteiger partial charge in [-0.1, -0.05) is 20.8 Å². The van der Waals surface area contributed by atoms with Crippen molar-refractivity contribution in [3.63, 3.8) is 0 Å². The van der Waals surface area contributed by atoms with Crippen molar-refractivity contribution in [1.29, 1.82) is 0 Å². The van der Waals surface area contributed by atoms with Crippen molar-refractivity contribution < 1.29 is 9.90 Å². The van der Waals surface area contributed by atoms with Gasteiger partial charge in [0.05, 0.1) is 12.1 Å². The zero-order chi connectivity index (χ0) is 13.9. The lowest BCUT2D eigenvalue weighted by Gasteiger charge is -2.15. The number of rotatable bonds is 6. The first-order chi connectivity index (χ1) is 8.31. The van der Waals surface area contributed by atoms with Crippen molar-refractivity contribution in [3.05, 3.63) is 17.0 Å². The Kier molecular flexibility index (Phi) is 4.93. The largest absolute Gasteiger partial charge is 0.481 e. The van der Waals surface area contributed by atoms with Gasteiger partial charge in [-0.25, -0.2) is 0 Å². The Morgan fingerprint density at radius 2 is 1.94 bits per heavy atom. The predicted octanol–water partition coefficient (Wildman–Crippen LogP) is 2.81. The molecule has 0 fully saturated rings. The highest BCUT2D eigenvalue weighted by molar-refractivity contribution is 5.70. The van der Waals surface area contributed by atoms with Crippen molar-refractivity contribution in [1.82, 2.24) is 9.78 Å². The number of aromatic nitrogens is 2. The van der Waals surface area contributed by atoms with Crippen LogP contribution in [0.1, 0.15) is 44.1 Å². The van der Waals surface area contributed by atoms with E-state index in [9.17, 15) is 4.79 Å². The molecule has 0 aliphatic heterocycles. The number of carboxylic acid groups (broad SMARTS) is 1. The summed E-state index contributed by atoms with van der Waals surface area (Å²) in [5.74, 6) is 0.437. The second kappa shape index (κ2) is 6.03. The van der Waals surface area contributed by atoms with Gasteiger partial charge in [0.2, 0.25) is 0 Å². The van der Waals surface area contributed by atoms with E-state index in [-0.39, 0.29) is 6.42 Å². The molecule has 1 N–H and O–H groups in total. The quantitative estimate of drug-likeness (QED) is 0.847. The Bertz CT molecular complexity index is 422. The molecule has 4 heteroatoms. The molecule has 0 amide bonds. The molecule has 0 aliphatic rings. The summed E-state index contributed by atoms with van der Waals surface area (Å²) in [4.78, 5) is 10.8. The van der Waals surface area contributed by atoms with Crippen molar-refractivity contribution in [2.24, 2.45) is 11.8 Å². The van der Waals surface area contributed by atoms with Gasteiger partial charge in [0.1, 0.15) is 0 Å². The lowest BCUT2D eigenvalue weighted by atomic mass is 9.99. The molecule has 4 nitrogen and oxygen atoms in total. The Hall–Kier alpha value is -1.32. The first kappa shape index (κ1) is 14.7. The minimum atomic E-state index is -0.795. The molecule has 1 heterocycles. The maximum atomic E-state index is 10.8. The van der Waals surface area contributed by atoms with Crippen molar-refractivity contribution in [3.8, 4) is 0 Å². The van der Waals surface area contributed by atoms with Crippen LogP contribution in [0.4, 0.5) is 0 Å². The molecule has 0 saturated heterocycles. The van der Waals surface area contributed by atoms with Gasteiger partial charge in [0.25, 0.3) is 0 Å². The van der Waals surface area contributed by atoms with Gasteiger partial charge in [0, 0.05) is 17.8 Å². The van der Waals surface area contributed by atoms with Crippen LogP contribution in [0.25, 0.3) is 0 Å². The Morgan fingerprint density at radius 3 is 2.44 bits per heavy atom. The number of nitrogens with zero attached hydrogens (tertiary/aromatic N) is 2. The normalized spacial score (nSPS) is 13.0. The van der Waals surface area contributed by atoms with Crippen LogP contribution in [0.15, 0.2) is 0 Å². The summed E-state index contributed by atoms with van der Waals surface area (Å²) in [6.07, 6.45) is 1.23. The van der Waals surface area contributed by atoms with E-state index >= 15 is 0 Å². The molecule has 1 aromatic rings. The standard InChI is InChI=1S/C14H24N2O2/c1-9(2)6-10(3)8-16-12(5)13(7-14(17)18)11(4)15-16/h9-10H,6-8H2,1-5H3,(H,17,18). The maximum Gasteiger partial charge on any atom is 0.307 e. The van der Waals surface area contributed by atoms with Crippen LogP contribution in [-0.4, -0.2) is 20.9 Å². The number of aliphatic carboxylic acids is 1. The third kappa shape index (κ3) is 3.86. The highest BCUT2D eigenvalue weighted by atomic mass is 16.4. The average Bonchev–Trinajstić information content (AvgIpc) is 2.44. The second-order valence-electron chi connectivity index (χ2n) is 5.64. The first-order valence-electron chi connectivity index (χ1n) is 6.56. The van der Waals surface area contributed by atoms with Gasteiger partial charge in [-0.15, -0.1) is 0 Å². The summed E-state index contributed by atoms with van der Waals surface area (Å²) < 4.78 is 1.96.